The Hall–Kier alpha value is -3.48. The van der Waals surface area contributed by atoms with Gasteiger partial charge in [-0.3, -0.25) is 9.59 Å². The number of fused-ring (bicyclic) bond motifs is 1. The molecule has 0 fully saturated rings. The molecule has 0 aliphatic carbocycles. The summed E-state index contributed by atoms with van der Waals surface area (Å²) in [5.41, 5.74) is 3.44. The van der Waals surface area contributed by atoms with Crippen molar-refractivity contribution in [3.8, 4) is 11.5 Å². The van der Waals surface area contributed by atoms with E-state index in [1.807, 2.05) is 44.2 Å². The van der Waals surface area contributed by atoms with E-state index in [0.717, 1.165) is 27.7 Å². The van der Waals surface area contributed by atoms with Gasteiger partial charge < -0.3 is 23.5 Å². The van der Waals surface area contributed by atoms with E-state index in [2.05, 4.69) is 0 Å². The predicted octanol–water partition coefficient (Wildman–Crippen LogP) is 3.89. The SMILES string of the molecule is CCN(Cc1ccc(OC)c(OC)c1)C(=O)COC(=O)Cc1coc2cc(C)ccc12. The van der Waals surface area contributed by atoms with Gasteiger partial charge in [0, 0.05) is 24.0 Å². The molecule has 3 rings (SSSR count). The number of likely N-dealkylation sites (N-methyl/N-ethyl adjacent to an activating group) is 1. The Bertz CT molecular complexity index is 1070. The van der Waals surface area contributed by atoms with Crippen LogP contribution in [0.5, 0.6) is 11.5 Å². The van der Waals surface area contributed by atoms with Crippen LogP contribution in [-0.2, 0) is 27.3 Å². The van der Waals surface area contributed by atoms with Gasteiger partial charge in [-0.2, -0.15) is 0 Å². The monoisotopic (exact) mass is 425 g/mol. The maximum Gasteiger partial charge on any atom is 0.310 e. The highest BCUT2D eigenvalue weighted by Crippen LogP contribution is 2.28. The molecule has 31 heavy (non-hydrogen) atoms. The number of rotatable bonds is 9. The molecular formula is C24H27NO6. The van der Waals surface area contributed by atoms with Crippen molar-refractivity contribution in [2.24, 2.45) is 0 Å². The van der Waals surface area contributed by atoms with E-state index >= 15 is 0 Å². The molecule has 0 saturated heterocycles. The number of ether oxygens (including phenoxy) is 3. The number of carbonyl (C=O) groups excluding carboxylic acids is 2. The van der Waals surface area contributed by atoms with Crippen LogP contribution in [0.4, 0.5) is 0 Å². The molecule has 1 amide bonds. The molecule has 0 aliphatic heterocycles. The molecule has 0 atom stereocenters. The van der Waals surface area contributed by atoms with Gasteiger partial charge in [0.05, 0.1) is 26.9 Å². The van der Waals surface area contributed by atoms with Crippen molar-refractivity contribution >= 4 is 22.8 Å². The van der Waals surface area contributed by atoms with E-state index in [0.29, 0.717) is 24.6 Å². The number of hydrogen-bond donors (Lipinski definition) is 0. The second-order valence-corrected chi connectivity index (χ2v) is 7.20. The molecule has 0 aliphatic rings. The standard InChI is InChI=1S/C24H27NO6/c1-5-25(13-17-7-9-20(28-3)22(11-17)29-4)23(26)15-31-24(27)12-18-14-30-21-10-16(2)6-8-19(18)21/h6-11,14H,5,12-13,15H2,1-4H3. The van der Waals surface area contributed by atoms with Gasteiger partial charge in [0.1, 0.15) is 5.58 Å². The van der Waals surface area contributed by atoms with Crippen LogP contribution in [0.25, 0.3) is 11.0 Å². The van der Waals surface area contributed by atoms with Crippen molar-refractivity contribution in [2.45, 2.75) is 26.8 Å². The molecule has 164 valence electrons. The molecule has 0 N–H and O–H groups in total. The fourth-order valence-corrected chi connectivity index (χ4v) is 3.34. The summed E-state index contributed by atoms with van der Waals surface area (Å²) >= 11 is 0. The summed E-state index contributed by atoms with van der Waals surface area (Å²) in [6, 6.07) is 11.3. The highest BCUT2D eigenvalue weighted by molar-refractivity contribution is 5.87. The third-order valence-electron chi connectivity index (χ3n) is 5.06. The molecule has 2 aromatic carbocycles. The molecule has 0 radical (unpaired) electrons. The molecule has 7 nitrogen and oxygen atoms in total. The van der Waals surface area contributed by atoms with Crippen molar-refractivity contribution in [1.82, 2.24) is 4.90 Å². The van der Waals surface area contributed by atoms with Crippen LogP contribution in [-0.4, -0.2) is 44.1 Å². The lowest BCUT2D eigenvalue weighted by atomic mass is 10.1. The van der Waals surface area contributed by atoms with Crippen LogP contribution >= 0.6 is 0 Å². The lowest BCUT2D eigenvalue weighted by Crippen LogP contribution is -2.34. The van der Waals surface area contributed by atoms with Crippen LogP contribution in [0.3, 0.4) is 0 Å². The average molecular weight is 425 g/mol. The molecule has 0 unspecified atom stereocenters. The normalized spacial score (nSPS) is 10.7. The van der Waals surface area contributed by atoms with Gasteiger partial charge in [0.15, 0.2) is 18.1 Å². The van der Waals surface area contributed by atoms with E-state index in [1.165, 1.54) is 0 Å². The van der Waals surface area contributed by atoms with Crippen LogP contribution in [0.15, 0.2) is 47.1 Å². The van der Waals surface area contributed by atoms with Gasteiger partial charge in [0.2, 0.25) is 0 Å². The summed E-state index contributed by atoms with van der Waals surface area (Å²) in [6.07, 6.45) is 1.60. The minimum Gasteiger partial charge on any atom is -0.493 e. The highest BCUT2D eigenvalue weighted by Gasteiger charge is 2.17. The number of nitrogens with zero attached hydrogens (tertiary/aromatic N) is 1. The second kappa shape index (κ2) is 10.0. The van der Waals surface area contributed by atoms with Crippen LogP contribution in [0.1, 0.15) is 23.6 Å². The lowest BCUT2D eigenvalue weighted by Gasteiger charge is -2.21. The first-order valence-electron chi connectivity index (χ1n) is 10.1. The van der Waals surface area contributed by atoms with Crippen molar-refractivity contribution < 1.29 is 28.2 Å². The van der Waals surface area contributed by atoms with Crippen molar-refractivity contribution in [2.75, 3.05) is 27.4 Å². The molecule has 0 bridgehead atoms. The number of furan rings is 1. The zero-order valence-electron chi connectivity index (χ0n) is 18.3. The Morgan fingerprint density at radius 1 is 1.03 bits per heavy atom. The number of methoxy groups -OCH3 is 2. The highest BCUT2D eigenvalue weighted by atomic mass is 16.5. The topological polar surface area (TPSA) is 78.2 Å². The van der Waals surface area contributed by atoms with Gasteiger partial charge in [-0.25, -0.2) is 0 Å². The Morgan fingerprint density at radius 2 is 1.81 bits per heavy atom. The Kier molecular flexibility index (Phi) is 7.18. The van der Waals surface area contributed by atoms with Gasteiger partial charge in [-0.05, 0) is 43.2 Å². The van der Waals surface area contributed by atoms with Gasteiger partial charge in [-0.1, -0.05) is 18.2 Å². The van der Waals surface area contributed by atoms with Crippen molar-refractivity contribution in [3.05, 3.63) is 59.4 Å². The van der Waals surface area contributed by atoms with Crippen LogP contribution < -0.4 is 9.47 Å². The number of carbonyl (C=O) groups is 2. The largest absolute Gasteiger partial charge is 0.493 e. The first-order valence-corrected chi connectivity index (χ1v) is 10.1. The predicted molar refractivity (Wildman–Crippen MR) is 116 cm³/mol. The van der Waals surface area contributed by atoms with E-state index < -0.39 is 5.97 Å². The summed E-state index contributed by atoms with van der Waals surface area (Å²) in [5.74, 6) is 0.478. The number of esters is 1. The van der Waals surface area contributed by atoms with Gasteiger partial charge >= 0.3 is 5.97 Å². The van der Waals surface area contributed by atoms with Gasteiger partial charge in [-0.15, -0.1) is 0 Å². The van der Waals surface area contributed by atoms with E-state index in [1.54, 1.807) is 31.4 Å². The third kappa shape index (κ3) is 5.36. The fraction of sp³-hybridized carbons (Fsp3) is 0.333. The minimum atomic E-state index is -0.473. The third-order valence-corrected chi connectivity index (χ3v) is 5.06. The maximum atomic E-state index is 12.6. The van der Waals surface area contributed by atoms with E-state index in [4.69, 9.17) is 18.6 Å². The molecule has 0 spiro atoms. The Labute approximate surface area is 181 Å². The molecule has 3 aromatic rings. The van der Waals surface area contributed by atoms with Crippen LogP contribution in [0, 0.1) is 6.92 Å². The summed E-state index contributed by atoms with van der Waals surface area (Å²) in [4.78, 5) is 26.5. The summed E-state index contributed by atoms with van der Waals surface area (Å²) in [7, 11) is 3.13. The molecule has 7 heteroatoms. The number of benzene rings is 2. The molecule has 0 saturated carbocycles. The zero-order chi connectivity index (χ0) is 22.4. The smallest absolute Gasteiger partial charge is 0.310 e. The van der Waals surface area contributed by atoms with Crippen LogP contribution in [0.2, 0.25) is 0 Å². The van der Waals surface area contributed by atoms with Crippen molar-refractivity contribution in [1.29, 1.82) is 0 Å². The summed E-state index contributed by atoms with van der Waals surface area (Å²) < 4.78 is 21.3. The Balaban J connectivity index is 1.57. The minimum absolute atomic E-state index is 0.0468. The average Bonchev–Trinajstić information content (AvgIpc) is 3.16. The number of hydrogen-bond acceptors (Lipinski definition) is 6. The summed E-state index contributed by atoms with van der Waals surface area (Å²) in [6.45, 7) is 4.40. The quantitative estimate of drug-likeness (QED) is 0.484. The lowest BCUT2D eigenvalue weighted by molar-refractivity contribution is -0.151. The first-order chi connectivity index (χ1) is 14.9. The van der Waals surface area contributed by atoms with E-state index in [-0.39, 0.29) is 18.9 Å². The summed E-state index contributed by atoms with van der Waals surface area (Å²) in [5, 5.41) is 0.873. The molecule has 1 aromatic heterocycles. The van der Waals surface area contributed by atoms with Crippen molar-refractivity contribution in [3.63, 3.8) is 0 Å². The fourth-order valence-electron chi connectivity index (χ4n) is 3.34. The van der Waals surface area contributed by atoms with E-state index in [9.17, 15) is 9.59 Å². The Morgan fingerprint density at radius 3 is 2.52 bits per heavy atom. The van der Waals surface area contributed by atoms with Gasteiger partial charge in [0.25, 0.3) is 5.91 Å². The molecular weight excluding hydrogens is 398 g/mol. The first kappa shape index (κ1) is 22.2. The number of aryl methyl sites for hydroxylation is 1. The molecule has 1 heterocycles. The second-order valence-electron chi connectivity index (χ2n) is 7.20. The zero-order valence-corrected chi connectivity index (χ0v) is 18.3. The number of amides is 1. The maximum absolute atomic E-state index is 12.6.